The predicted molar refractivity (Wildman–Crippen MR) is 154 cm³/mol. The first-order chi connectivity index (χ1) is 17.3. The van der Waals surface area contributed by atoms with Crippen LogP contribution in [-0.2, 0) is 4.79 Å². The molecule has 194 valence electrons. The van der Waals surface area contributed by atoms with Crippen molar-refractivity contribution < 1.29 is 4.79 Å². The van der Waals surface area contributed by atoms with Gasteiger partial charge in [-0.05, 0) is 68.6 Å². The topological polar surface area (TPSA) is 66.7 Å². The molecule has 2 fully saturated rings. The smallest absolute Gasteiger partial charge is 0.267 e. The van der Waals surface area contributed by atoms with Crippen LogP contribution in [0, 0.1) is 18.8 Å². The molecule has 1 saturated carbocycles. The predicted octanol–water partition coefficient (Wildman–Crippen LogP) is 6.41. The molecule has 0 radical (unpaired) electrons. The monoisotopic (exact) mass is 526 g/mol. The van der Waals surface area contributed by atoms with Gasteiger partial charge in [0.05, 0.1) is 10.5 Å². The molecule has 2 aromatic heterocycles. The highest BCUT2D eigenvalue weighted by atomic mass is 32.2. The van der Waals surface area contributed by atoms with Crippen LogP contribution in [0.25, 0.3) is 11.7 Å². The first kappa shape index (κ1) is 26.9. The van der Waals surface area contributed by atoms with Gasteiger partial charge in [-0.25, -0.2) is 4.98 Å². The van der Waals surface area contributed by atoms with Crippen molar-refractivity contribution in [1.82, 2.24) is 14.3 Å². The van der Waals surface area contributed by atoms with Gasteiger partial charge in [0.1, 0.15) is 15.8 Å². The van der Waals surface area contributed by atoms with E-state index in [-0.39, 0.29) is 17.5 Å². The van der Waals surface area contributed by atoms with Gasteiger partial charge in [0.15, 0.2) is 0 Å². The number of thiocarbonyl (C=S) groups is 1. The summed E-state index contributed by atoms with van der Waals surface area (Å²) >= 11 is 6.89. The molecule has 8 heteroatoms. The number of amides is 1. The van der Waals surface area contributed by atoms with E-state index in [0.29, 0.717) is 38.7 Å². The van der Waals surface area contributed by atoms with Gasteiger partial charge >= 0.3 is 0 Å². The molecule has 1 atom stereocenters. The van der Waals surface area contributed by atoms with E-state index in [1.54, 1.807) is 21.6 Å². The summed E-state index contributed by atoms with van der Waals surface area (Å²) in [5.74, 6) is 1.61. The minimum atomic E-state index is -0.171. The van der Waals surface area contributed by atoms with Crippen molar-refractivity contribution in [3.63, 3.8) is 0 Å². The maximum atomic E-state index is 13.7. The molecule has 3 heterocycles. The maximum absolute atomic E-state index is 13.7. The van der Waals surface area contributed by atoms with Gasteiger partial charge < -0.3 is 5.32 Å². The highest BCUT2D eigenvalue weighted by molar-refractivity contribution is 8.26. The largest absolute Gasteiger partial charge is 0.367 e. The van der Waals surface area contributed by atoms with Gasteiger partial charge in [0, 0.05) is 18.8 Å². The number of rotatable bonds is 9. The summed E-state index contributed by atoms with van der Waals surface area (Å²) in [6.45, 7) is 9.23. The Morgan fingerprint density at radius 1 is 1.22 bits per heavy atom. The van der Waals surface area contributed by atoms with Gasteiger partial charge in [-0.1, -0.05) is 70.1 Å². The van der Waals surface area contributed by atoms with E-state index >= 15 is 0 Å². The average Bonchev–Trinajstić information content (AvgIpc) is 3.13. The Hall–Kier alpha value is -2.19. The second kappa shape index (κ2) is 11.9. The molecule has 0 spiro atoms. The van der Waals surface area contributed by atoms with Crippen molar-refractivity contribution in [2.24, 2.45) is 11.8 Å². The van der Waals surface area contributed by atoms with Crippen LogP contribution in [0.4, 0.5) is 5.82 Å². The molecular formula is C28H38N4O2S2. The lowest BCUT2D eigenvalue weighted by Crippen LogP contribution is -2.33. The fourth-order valence-electron chi connectivity index (χ4n) is 5.06. The normalized spacial score (nSPS) is 22.6. The number of fused-ring (bicyclic) bond motifs is 1. The molecule has 2 aliphatic rings. The molecule has 1 aliphatic heterocycles. The molecule has 0 bridgehead atoms. The molecule has 6 nitrogen and oxygen atoms in total. The molecule has 1 aliphatic carbocycles. The van der Waals surface area contributed by atoms with Gasteiger partial charge in [-0.15, -0.1) is 0 Å². The molecule has 0 aromatic carbocycles. The molecule has 1 N–H and O–H groups in total. The summed E-state index contributed by atoms with van der Waals surface area (Å²) in [5.41, 5.74) is 1.83. The van der Waals surface area contributed by atoms with E-state index in [4.69, 9.17) is 17.2 Å². The van der Waals surface area contributed by atoms with E-state index in [9.17, 15) is 9.59 Å². The van der Waals surface area contributed by atoms with Crippen LogP contribution in [0.3, 0.4) is 0 Å². The lowest BCUT2D eigenvalue weighted by Gasteiger charge is -2.27. The van der Waals surface area contributed by atoms with Crippen molar-refractivity contribution in [3.05, 3.63) is 44.7 Å². The van der Waals surface area contributed by atoms with Crippen molar-refractivity contribution in [1.29, 1.82) is 0 Å². The van der Waals surface area contributed by atoms with Crippen molar-refractivity contribution in [3.8, 4) is 0 Å². The molecule has 1 saturated heterocycles. The lowest BCUT2D eigenvalue weighted by molar-refractivity contribution is -0.122. The standard InChI is InChI=1S/C28H38N4O2S2/c1-5-7-8-20(6-2)17-32-27(34)23(36-28(32)35)15-22-25(29-21-12-9-18(3)10-13-21)30-24-14-11-19(4)16-31(24)26(22)33/h11,14-16,18,20-21,29H,5-10,12-13,17H2,1-4H3/b23-15+. The Kier molecular flexibility index (Phi) is 8.88. The number of hydrogen-bond acceptors (Lipinski definition) is 6. The second-order valence-corrected chi connectivity index (χ2v) is 12.1. The fourth-order valence-corrected chi connectivity index (χ4v) is 6.32. The Labute approximate surface area is 223 Å². The molecule has 36 heavy (non-hydrogen) atoms. The summed E-state index contributed by atoms with van der Waals surface area (Å²) in [6.07, 6.45) is 12.3. The third kappa shape index (κ3) is 6.02. The Bertz CT molecular complexity index is 1210. The molecule has 2 aromatic rings. The first-order valence-electron chi connectivity index (χ1n) is 13.4. The molecule has 1 unspecified atom stereocenters. The van der Waals surface area contributed by atoms with E-state index in [1.165, 1.54) is 11.8 Å². The van der Waals surface area contributed by atoms with E-state index in [0.717, 1.165) is 62.8 Å². The summed E-state index contributed by atoms with van der Waals surface area (Å²) in [4.78, 5) is 34.1. The van der Waals surface area contributed by atoms with Crippen LogP contribution in [0.2, 0.25) is 0 Å². The zero-order chi connectivity index (χ0) is 25.8. The number of carbonyl (C=O) groups is 1. The number of nitrogens with zero attached hydrogens (tertiary/aromatic N) is 3. The Morgan fingerprint density at radius 3 is 2.67 bits per heavy atom. The zero-order valence-corrected chi connectivity index (χ0v) is 23.5. The third-order valence-corrected chi connectivity index (χ3v) is 8.87. The number of anilines is 1. The van der Waals surface area contributed by atoms with Crippen molar-refractivity contribution in [2.75, 3.05) is 11.9 Å². The number of unbranched alkanes of at least 4 members (excludes halogenated alkanes) is 1. The van der Waals surface area contributed by atoms with Crippen LogP contribution in [0.5, 0.6) is 0 Å². The number of aryl methyl sites for hydroxylation is 1. The Morgan fingerprint density at radius 2 is 1.97 bits per heavy atom. The maximum Gasteiger partial charge on any atom is 0.267 e. The van der Waals surface area contributed by atoms with E-state index in [2.05, 4.69) is 26.1 Å². The van der Waals surface area contributed by atoms with Crippen molar-refractivity contribution >= 4 is 51.7 Å². The number of hydrogen-bond donors (Lipinski definition) is 1. The van der Waals surface area contributed by atoms with Crippen molar-refractivity contribution in [2.45, 2.75) is 85.1 Å². The number of pyridine rings is 1. The molecular weight excluding hydrogens is 488 g/mol. The van der Waals surface area contributed by atoms with E-state index in [1.807, 2.05) is 19.1 Å². The summed E-state index contributed by atoms with van der Waals surface area (Å²) < 4.78 is 2.15. The summed E-state index contributed by atoms with van der Waals surface area (Å²) in [6, 6.07) is 4.10. The van der Waals surface area contributed by atoms with Crippen LogP contribution in [-0.4, -0.2) is 37.1 Å². The van der Waals surface area contributed by atoms with Gasteiger partial charge in [0.25, 0.3) is 11.5 Å². The highest BCUT2D eigenvalue weighted by Crippen LogP contribution is 2.35. The quantitative estimate of drug-likeness (QED) is 0.301. The number of nitrogens with one attached hydrogen (secondary N) is 1. The Balaban J connectivity index is 1.68. The minimum Gasteiger partial charge on any atom is -0.367 e. The van der Waals surface area contributed by atoms with Gasteiger partial charge in [-0.3, -0.25) is 18.9 Å². The number of aromatic nitrogens is 2. The third-order valence-electron chi connectivity index (χ3n) is 7.50. The first-order valence-corrected chi connectivity index (χ1v) is 14.6. The van der Waals surface area contributed by atoms with Crippen LogP contribution < -0.4 is 10.9 Å². The fraction of sp³-hybridized carbons (Fsp3) is 0.571. The van der Waals surface area contributed by atoms with Crippen LogP contribution >= 0.6 is 24.0 Å². The molecule has 4 rings (SSSR count). The summed E-state index contributed by atoms with van der Waals surface area (Å²) in [7, 11) is 0. The number of thioether (sulfide) groups is 1. The van der Waals surface area contributed by atoms with Crippen LogP contribution in [0.15, 0.2) is 28.0 Å². The van der Waals surface area contributed by atoms with E-state index < -0.39 is 0 Å². The van der Waals surface area contributed by atoms with Gasteiger partial charge in [0.2, 0.25) is 0 Å². The SMILES string of the molecule is CCCCC(CC)CN1C(=O)/C(=C\c2c(NC3CCC(C)CC3)nc3ccc(C)cn3c2=O)SC1=S. The number of carbonyl (C=O) groups excluding carboxylic acids is 1. The summed E-state index contributed by atoms with van der Waals surface area (Å²) in [5, 5.41) is 3.56. The molecule has 1 amide bonds. The second-order valence-electron chi connectivity index (χ2n) is 10.4. The highest BCUT2D eigenvalue weighted by Gasteiger charge is 2.34. The van der Waals surface area contributed by atoms with Gasteiger partial charge in [-0.2, -0.15) is 0 Å². The van der Waals surface area contributed by atoms with Crippen LogP contribution in [0.1, 0.15) is 83.3 Å². The lowest BCUT2D eigenvalue weighted by atomic mass is 9.87. The zero-order valence-electron chi connectivity index (χ0n) is 21.9. The average molecular weight is 527 g/mol. The minimum absolute atomic E-state index is 0.105.